The van der Waals surface area contributed by atoms with E-state index in [1.165, 1.54) is 14.2 Å². The van der Waals surface area contributed by atoms with Gasteiger partial charge < -0.3 is 9.47 Å². The maximum atomic E-state index is 11.5. The molecule has 0 aromatic carbocycles. The number of fused-ring (bicyclic) bond motifs is 2. The predicted molar refractivity (Wildman–Crippen MR) is 61.3 cm³/mol. The third-order valence-corrected chi connectivity index (χ3v) is 6.66. The number of carbonyl (C=O) groups excluding carboxylic acids is 2. The minimum absolute atomic E-state index is 0.0655. The molecule has 0 amide bonds. The second-order valence-corrected chi connectivity index (χ2v) is 6.64. The van der Waals surface area contributed by atoms with Gasteiger partial charge in [-0.05, 0) is 47.3 Å². The molecule has 4 heteroatoms. The molecule has 4 nitrogen and oxygen atoms in total. The average molecular weight is 250 g/mol. The van der Waals surface area contributed by atoms with Crippen LogP contribution in [0.15, 0.2) is 0 Å². The molecule has 6 atom stereocenters. The van der Waals surface area contributed by atoms with Crippen LogP contribution >= 0.6 is 0 Å². The van der Waals surface area contributed by atoms with E-state index in [0.29, 0.717) is 36.5 Å². The molecule has 0 N–H and O–H groups in total. The van der Waals surface area contributed by atoms with Crippen molar-refractivity contribution >= 4 is 11.9 Å². The standard InChI is InChI=1S/C14H18O4/c1-17-9(15)5-13-3-8-11(13)12-7(13)4-14(8,12)6-10(16)18-2/h7-8,11-12H,3-6H2,1-2H3. The van der Waals surface area contributed by atoms with E-state index in [0.717, 1.165) is 12.8 Å². The van der Waals surface area contributed by atoms with E-state index in [1.54, 1.807) is 0 Å². The molecule has 18 heavy (non-hydrogen) atoms. The summed E-state index contributed by atoms with van der Waals surface area (Å²) >= 11 is 0. The summed E-state index contributed by atoms with van der Waals surface area (Å²) in [6.45, 7) is 0. The van der Waals surface area contributed by atoms with Gasteiger partial charge in [0.05, 0.1) is 27.1 Å². The van der Waals surface area contributed by atoms with E-state index >= 15 is 0 Å². The highest BCUT2D eigenvalue weighted by Gasteiger charge is 2.92. The maximum absolute atomic E-state index is 11.5. The van der Waals surface area contributed by atoms with Crippen LogP contribution in [0.2, 0.25) is 0 Å². The SMILES string of the molecule is COC(=O)CC12CC3C1C1C2CC31CC(=O)OC. The molecule has 4 rings (SSSR count). The third kappa shape index (κ3) is 0.836. The Hall–Kier alpha value is -1.06. The van der Waals surface area contributed by atoms with Gasteiger partial charge in [0.15, 0.2) is 0 Å². The Kier molecular flexibility index (Phi) is 1.75. The fourth-order valence-corrected chi connectivity index (χ4v) is 6.05. The fourth-order valence-electron chi connectivity index (χ4n) is 6.05. The van der Waals surface area contributed by atoms with Crippen molar-refractivity contribution in [3.63, 3.8) is 0 Å². The summed E-state index contributed by atoms with van der Waals surface area (Å²) in [6, 6.07) is 0. The van der Waals surface area contributed by atoms with Gasteiger partial charge in [-0.2, -0.15) is 0 Å². The van der Waals surface area contributed by atoms with Crippen LogP contribution in [0, 0.1) is 34.5 Å². The van der Waals surface area contributed by atoms with Crippen molar-refractivity contribution in [3.05, 3.63) is 0 Å². The Morgan fingerprint density at radius 1 is 0.944 bits per heavy atom. The van der Waals surface area contributed by atoms with Gasteiger partial charge >= 0.3 is 11.9 Å². The van der Waals surface area contributed by atoms with Crippen molar-refractivity contribution in [2.45, 2.75) is 25.7 Å². The Morgan fingerprint density at radius 2 is 1.33 bits per heavy atom. The molecule has 4 fully saturated rings. The highest BCUT2D eigenvalue weighted by molar-refractivity contribution is 5.74. The Bertz CT molecular complexity index is 399. The van der Waals surface area contributed by atoms with Gasteiger partial charge in [-0.1, -0.05) is 0 Å². The number of methoxy groups -OCH3 is 2. The number of esters is 2. The van der Waals surface area contributed by atoms with Crippen molar-refractivity contribution in [2.75, 3.05) is 14.2 Å². The van der Waals surface area contributed by atoms with E-state index in [2.05, 4.69) is 0 Å². The zero-order valence-corrected chi connectivity index (χ0v) is 10.8. The van der Waals surface area contributed by atoms with Gasteiger partial charge in [0.2, 0.25) is 0 Å². The summed E-state index contributed by atoms with van der Waals surface area (Å²) in [5.41, 5.74) is 0.528. The molecule has 0 aliphatic heterocycles. The van der Waals surface area contributed by atoms with Crippen molar-refractivity contribution in [2.24, 2.45) is 34.5 Å². The largest absolute Gasteiger partial charge is 0.469 e. The molecule has 0 heterocycles. The number of carbonyl (C=O) groups is 2. The molecule has 6 unspecified atom stereocenters. The second-order valence-electron chi connectivity index (χ2n) is 6.64. The van der Waals surface area contributed by atoms with Crippen LogP contribution in [0.3, 0.4) is 0 Å². The maximum Gasteiger partial charge on any atom is 0.306 e. The highest BCUT2D eigenvalue weighted by Crippen LogP contribution is 2.96. The van der Waals surface area contributed by atoms with Gasteiger partial charge in [0.1, 0.15) is 0 Å². The molecule has 0 saturated heterocycles. The van der Waals surface area contributed by atoms with Gasteiger partial charge in [-0.3, -0.25) is 9.59 Å². The highest BCUT2D eigenvalue weighted by atomic mass is 16.5. The van der Waals surface area contributed by atoms with Crippen LogP contribution in [0.1, 0.15) is 25.7 Å². The van der Waals surface area contributed by atoms with Crippen molar-refractivity contribution in [3.8, 4) is 0 Å². The minimum atomic E-state index is -0.0655. The fraction of sp³-hybridized carbons (Fsp3) is 0.857. The minimum Gasteiger partial charge on any atom is -0.469 e. The summed E-state index contributed by atoms with van der Waals surface area (Å²) in [7, 11) is 2.93. The zero-order chi connectivity index (χ0) is 12.7. The smallest absolute Gasteiger partial charge is 0.306 e. The number of rotatable bonds is 4. The molecule has 98 valence electrons. The van der Waals surface area contributed by atoms with E-state index < -0.39 is 0 Å². The quantitative estimate of drug-likeness (QED) is 0.707. The Labute approximate surface area is 106 Å². The van der Waals surface area contributed by atoms with Crippen molar-refractivity contribution in [1.82, 2.24) is 0 Å². The lowest BCUT2D eigenvalue weighted by atomic mass is 9.09. The molecule has 4 saturated carbocycles. The number of hydrogen-bond acceptors (Lipinski definition) is 4. The molecule has 0 spiro atoms. The van der Waals surface area contributed by atoms with Crippen molar-refractivity contribution < 1.29 is 19.1 Å². The number of ether oxygens (including phenoxy) is 2. The molecule has 4 aliphatic rings. The lowest BCUT2D eigenvalue weighted by Gasteiger charge is -2.95. The lowest BCUT2D eigenvalue weighted by molar-refractivity contribution is -0.476. The summed E-state index contributed by atoms with van der Waals surface area (Å²) in [5, 5.41) is 0. The summed E-state index contributed by atoms with van der Waals surface area (Å²) in [5.74, 6) is 2.64. The monoisotopic (exact) mass is 250 g/mol. The number of hydrogen-bond donors (Lipinski definition) is 0. The Balaban J connectivity index is 1.48. The molecule has 0 aromatic heterocycles. The molecule has 0 aromatic rings. The molecule has 0 bridgehead atoms. The second kappa shape index (κ2) is 2.91. The van der Waals surface area contributed by atoms with Crippen LogP contribution in [0.25, 0.3) is 0 Å². The van der Waals surface area contributed by atoms with Gasteiger partial charge in [-0.25, -0.2) is 0 Å². The van der Waals surface area contributed by atoms with E-state index in [-0.39, 0.29) is 22.8 Å². The average Bonchev–Trinajstić information content (AvgIpc) is 2.36. The van der Waals surface area contributed by atoms with Crippen LogP contribution in [-0.4, -0.2) is 26.2 Å². The van der Waals surface area contributed by atoms with Gasteiger partial charge in [0, 0.05) is 0 Å². The van der Waals surface area contributed by atoms with E-state index in [9.17, 15) is 9.59 Å². The molecular formula is C14H18O4. The summed E-state index contributed by atoms with van der Waals surface area (Å²) in [4.78, 5) is 23.0. The van der Waals surface area contributed by atoms with Crippen LogP contribution in [0.5, 0.6) is 0 Å². The predicted octanol–water partition coefficient (Wildman–Crippen LogP) is 1.38. The Morgan fingerprint density at radius 3 is 1.56 bits per heavy atom. The third-order valence-electron chi connectivity index (χ3n) is 6.66. The zero-order valence-electron chi connectivity index (χ0n) is 10.8. The first-order valence-corrected chi connectivity index (χ1v) is 6.73. The lowest BCUT2D eigenvalue weighted by Crippen LogP contribution is -2.91. The van der Waals surface area contributed by atoms with Gasteiger partial charge in [-0.15, -0.1) is 0 Å². The van der Waals surface area contributed by atoms with E-state index in [1.807, 2.05) is 0 Å². The molecular weight excluding hydrogens is 232 g/mol. The summed E-state index contributed by atoms with van der Waals surface area (Å²) in [6.07, 6.45) is 3.45. The van der Waals surface area contributed by atoms with Gasteiger partial charge in [0.25, 0.3) is 0 Å². The first-order valence-electron chi connectivity index (χ1n) is 6.73. The van der Waals surface area contributed by atoms with Crippen LogP contribution < -0.4 is 0 Å². The molecule has 4 aliphatic carbocycles. The van der Waals surface area contributed by atoms with E-state index in [4.69, 9.17) is 9.47 Å². The van der Waals surface area contributed by atoms with Crippen molar-refractivity contribution in [1.29, 1.82) is 0 Å². The summed E-state index contributed by atoms with van der Waals surface area (Å²) < 4.78 is 9.63. The first-order chi connectivity index (χ1) is 8.59. The van der Waals surface area contributed by atoms with Crippen LogP contribution in [0.4, 0.5) is 0 Å². The first kappa shape index (κ1) is 10.8. The molecule has 0 radical (unpaired) electrons. The van der Waals surface area contributed by atoms with Crippen LogP contribution in [-0.2, 0) is 19.1 Å². The topological polar surface area (TPSA) is 52.6 Å². The normalized spacial score (nSPS) is 52.8.